The largest absolute Gasteiger partial charge is 0.491 e. The summed E-state index contributed by atoms with van der Waals surface area (Å²) in [6.07, 6.45) is 3.09. The number of carbonyl (C=O) groups is 1. The van der Waals surface area contributed by atoms with Gasteiger partial charge in [-0.15, -0.1) is 12.4 Å². The van der Waals surface area contributed by atoms with E-state index >= 15 is 0 Å². The summed E-state index contributed by atoms with van der Waals surface area (Å²) in [5, 5.41) is 7.71. The van der Waals surface area contributed by atoms with Crippen LogP contribution in [0, 0.1) is 5.82 Å². The third-order valence-corrected chi connectivity index (χ3v) is 5.04. The van der Waals surface area contributed by atoms with Gasteiger partial charge in [-0.25, -0.2) is 9.18 Å². The third kappa shape index (κ3) is 6.59. The molecule has 10 heteroatoms. The first kappa shape index (κ1) is 23.8. The Bertz CT molecular complexity index is 1030. The van der Waals surface area contributed by atoms with Gasteiger partial charge in [0.05, 0.1) is 31.6 Å². The number of morpholine rings is 1. The molecular weight excluding hydrogens is 458 g/mol. The highest BCUT2D eigenvalue weighted by Gasteiger charge is 2.25. The number of benzene rings is 2. The molecule has 1 fully saturated rings. The average molecular weight is 481 g/mol. The maximum atomic E-state index is 13.0. The van der Waals surface area contributed by atoms with Gasteiger partial charge in [0, 0.05) is 17.8 Å². The van der Waals surface area contributed by atoms with E-state index < -0.39 is 0 Å². The first-order chi connectivity index (χ1) is 15.0. The van der Waals surface area contributed by atoms with Gasteiger partial charge in [0.1, 0.15) is 24.3 Å². The molecule has 2 aromatic carbocycles. The molecule has 1 unspecified atom stereocenters. The van der Waals surface area contributed by atoms with E-state index in [0.29, 0.717) is 49.3 Å². The van der Waals surface area contributed by atoms with Crippen LogP contribution in [0.5, 0.6) is 5.75 Å². The van der Waals surface area contributed by atoms with Crippen LogP contribution >= 0.6 is 24.0 Å². The maximum absolute atomic E-state index is 13.0. The second-order valence-electron chi connectivity index (χ2n) is 7.19. The molecule has 1 aromatic heterocycles. The molecule has 2 heterocycles. The number of amides is 2. The molecule has 1 aliphatic rings. The summed E-state index contributed by atoms with van der Waals surface area (Å²) in [6, 6.07) is 13.1. The molecule has 1 atom stereocenters. The number of ether oxygens (including phenoxy) is 2. The Hall–Kier alpha value is -2.81. The van der Waals surface area contributed by atoms with Crippen LogP contribution in [0.3, 0.4) is 0 Å². The predicted octanol–water partition coefficient (Wildman–Crippen LogP) is 4.46. The van der Waals surface area contributed by atoms with E-state index in [9.17, 15) is 9.18 Å². The van der Waals surface area contributed by atoms with Gasteiger partial charge in [0.15, 0.2) is 0 Å². The second kappa shape index (κ2) is 11.2. The molecule has 0 spiro atoms. The van der Waals surface area contributed by atoms with Crippen LogP contribution in [-0.2, 0) is 11.3 Å². The number of nitrogens with zero attached hydrogens (tertiary/aromatic N) is 3. The van der Waals surface area contributed by atoms with Gasteiger partial charge in [-0.2, -0.15) is 5.10 Å². The first-order valence-electron chi connectivity index (χ1n) is 9.88. The fraction of sp³-hybridized carbons (Fsp3) is 0.273. The summed E-state index contributed by atoms with van der Waals surface area (Å²) in [5.41, 5.74) is 1.50. The summed E-state index contributed by atoms with van der Waals surface area (Å²) >= 11 is 5.97. The van der Waals surface area contributed by atoms with Crippen molar-refractivity contribution in [3.63, 3.8) is 0 Å². The monoisotopic (exact) mass is 480 g/mol. The van der Waals surface area contributed by atoms with E-state index in [1.807, 2.05) is 12.1 Å². The van der Waals surface area contributed by atoms with Crippen molar-refractivity contribution >= 4 is 35.7 Å². The van der Waals surface area contributed by atoms with Gasteiger partial charge in [-0.3, -0.25) is 4.68 Å². The van der Waals surface area contributed by atoms with Crippen LogP contribution in [0.25, 0.3) is 0 Å². The van der Waals surface area contributed by atoms with Crippen molar-refractivity contribution in [2.75, 3.05) is 31.6 Å². The highest BCUT2D eigenvalue weighted by molar-refractivity contribution is 6.30. The third-order valence-electron chi connectivity index (χ3n) is 4.80. The van der Waals surface area contributed by atoms with Crippen LogP contribution in [0.2, 0.25) is 5.02 Å². The normalized spacial score (nSPS) is 15.7. The molecule has 4 rings (SSSR count). The Morgan fingerprint density at radius 1 is 1.28 bits per heavy atom. The number of urea groups is 1. The highest BCUT2D eigenvalue weighted by Crippen LogP contribution is 2.18. The molecule has 0 saturated carbocycles. The van der Waals surface area contributed by atoms with Crippen molar-refractivity contribution < 1.29 is 18.7 Å². The number of anilines is 1. The molecule has 170 valence electrons. The zero-order valence-electron chi connectivity index (χ0n) is 17.1. The van der Waals surface area contributed by atoms with Crippen molar-refractivity contribution in [2.45, 2.75) is 12.6 Å². The van der Waals surface area contributed by atoms with Gasteiger partial charge in [0.25, 0.3) is 0 Å². The Labute approximate surface area is 196 Å². The molecule has 1 N–H and O–H groups in total. The van der Waals surface area contributed by atoms with Crippen molar-refractivity contribution in [2.24, 2.45) is 0 Å². The predicted molar refractivity (Wildman–Crippen MR) is 122 cm³/mol. The number of halogens is 3. The van der Waals surface area contributed by atoms with Crippen molar-refractivity contribution in [3.05, 3.63) is 77.3 Å². The standard InChI is InChI=1S/C22H22ClFN4O3.ClH/c23-17-2-1-3-20(10-17)31-15-21-14-27(8-9-30-21)22(29)26-19-11-25-28(13-19)12-16-4-6-18(24)7-5-16;/h1-7,10-11,13,21H,8-9,12,14-15H2,(H,26,29);1H. The molecule has 0 radical (unpaired) electrons. The van der Waals surface area contributed by atoms with E-state index in [2.05, 4.69) is 10.4 Å². The van der Waals surface area contributed by atoms with E-state index in [1.54, 1.807) is 46.2 Å². The summed E-state index contributed by atoms with van der Waals surface area (Å²) in [5.74, 6) is 0.380. The Balaban J connectivity index is 0.00000289. The van der Waals surface area contributed by atoms with Crippen molar-refractivity contribution in [3.8, 4) is 5.75 Å². The van der Waals surface area contributed by atoms with Crippen LogP contribution in [0.4, 0.5) is 14.9 Å². The number of hydrogen-bond acceptors (Lipinski definition) is 4. The summed E-state index contributed by atoms with van der Waals surface area (Å²) < 4.78 is 26.2. The Kier molecular flexibility index (Phi) is 8.33. The van der Waals surface area contributed by atoms with Crippen LogP contribution in [0.1, 0.15) is 5.56 Å². The van der Waals surface area contributed by atoms with Crippen LogP contribution in [0.15, 0.2) is 60.9 Å². The minimum absolute atomic E-state index is 0. The van der Waals surface area contributed by atoms with Gasteiger partial charge < -0.3 is 19.7 Å². The first-order valence-corrected chi connectivity index (χ1v) is 10.3. The van der Waals surface area contributed by atoms with Gasteiger partial charge in [0.2, 0.25) is 0 Å². The number of nitrogens with one attached hydrogen (secondary N) is 1. The minimum atomic E-state index is -0.279. The summed E-state index contributed by atoms with van der Waals surface area (Å²) in [6.45, 7) is 2.14. The molecule has 3 aromatic rings. The molecule has 1 saturated heterocycles. The lowest BCUT2D eigenvalue weighted by atomic mass is 10.2. The fourth-order valence-electron chi connectivity index (χ4n) is 3.24. The zero-order chi connectivity index (χ0) is 21.6. The molecule has 7 nitrogen and oxygen atoms in total. The number of rotatable bonds is 6. The van der Waals surface area contributed by atoms with Crippen molar-refractivity contribution in [1.82, 2.24) is 14.7 Å². The van der Waals surface area contributed by atoms with Gasteiger partial charge >= 0.3 is 6.03 Å². The topological polar surface area (TPSA) is 68.6 Å². The molecule has 0 bridgehead atoms. The Morgan fingerprint density at radius 3 is 2.88 bits per heavy atom. The lowest BCUT2D eigenvalue weighted by Gasteiger charge is -2.32. The number of aromatic nitrogens is 2. The minimum Gasteiger partial charge on any atom is -0.491 e. The molecule has 32 heavy (non-hydrogen) atoms. The molecule has 2 amide bonds. The van der Waals surface area contributed by atoms with Crippen molar-refractivity contribution in [1.29, 1.82) is 0 Å². The fourth-order valence-corrected chi connectivity index (χ4v) is 3.42. The number of hydrogen-bond donors (Lipinski definition) is 1. The van der Waals surface area contributed by atoms with E-state index in [4.69, 9.17) is 21.1 Å². The molecular formula is C22H23Cl2FN4O3. The molecule has 1 aliphatic heterocycles. The maximum Gasteiger partial charge on any atom is 0.322 e. The lowest BCUT2D eigenvalue weighted by molar-refractivity contribution is -0.0336. The summed E-state index contributed by atoms with van der Waals surface area (Å²) in [4.78, 5) is 14.3. The van der Waals surface area contributed by atoms with Crippen LogP contribution in [-0.4, -0.2) is 53.1 Å². The highest BCUT2D eigenvalue weighted by atomic mass is 35.5. The molecule has 0 aliphatic carbocycles. The average Bonchev–Trinajstić information content (AvgIpc) is 3.21. The second-order valence-corrected chi connectivity index (χ2v) is 7.63. The van der Waals surface area contributed by atoms with E-state index in [0.717, 1.165) is 5.56 Å². The van der Waals surface area contributed by atoms with Gasteiger partial charge in [-0.05, 0) is 35.9 Å². The SMILES string of the molecule is Cl.O=C(Nc1cnn(Cc2ccc(F)cc2)c1)N1CCOC(COc2cccc(Cl)c2)C1. The number of carbonyl (C=O) groups excluding carboxylic acids is 1. The zero-order valence-corrected chi connectivity index (χ0v) is 18.7. The van der Waals surface area contributed by atoms with Crippen LogP contribution < -0.4 is 10.1 Å². The smallest absolute Gasteiger partial charge is 0.322 e. The lowest BCUT2D eigenvalue weighted by Crippen LogP contribution is -2.49. The van der Waals surface area contributed by atoms with E-state index in [-0.39, 0.29) is 30.4 Å². The summed E-state index contributed by atoms with van der Waals surface area (Å²) in [7, 11) is 0. The Morgan fingerprint density at radius 2 is 2.09 bits per heavy atom. The van der Waals surface area contributed by atoms with E-state index in [1.165, 1.54) is 12.1 Å². The van der Waals surface area contributed by atoms with Gasteiger partial charge in [-0.1, -0.05) is 29.8 Å². The quantitative estimate of drug-likeness (QED) is 0.565.